The average Bonchev–Trinajstić information content (AvgIpc) is 2.46. The lowest BCUT2D eigenvalue weighted by atomic mass is 9.89. The van der Waals surface area contributed by atoms with Crippen LogP contribution < -0.4 is 4.74 Å². The van der Waals surface area contributed by atoms with E-state index in [1.165, 1.54) is 12.8 Å². The van der Waals surface area contributed by atoms with Crippen LogP contribution in [-0.4, -0.2) is 18.3 Å². The van der Waals surface area contributed by atoms with Gasteiger partial charge >= 0.3 is 0 Å². The summed E-state index contributed by atoms with van der Waals surface area (Å²) in [5.41, 5.74) is 1.92. The Labute approximate surface area is 121 Å². The van der Waals surface area contributed by atoms with Crippen LogP contribution in [0.3, 0.4) is 0 Å². The minimum atomic E-state index is -0.463. The molecule has 1 saturated carbocycles. The fourth-order valence-electron chi connectivity index (χ4n) is 2.77. The fourth-order valence-corrected chi connectivity index (χ4v) is 2.77. The number of aliphatic hydroxyl groups excluding tert-OH is 1. The smallest absolute Gasteiger partial charge is 0.124 e. The Morgan fingerprint density at radius 2 is 1.95 bits per heavy atom. The van der Waals surface area contributed by atoms with Crippen LogP contribution in [0.4, 0.5) is 0 Å². The lowest BCUT2D eigenvalue weighted by molar-refractivity contribution is 0.00794. The minimum absolute atomic E-state index is 0.367. The van der Waals surface area contributed by atoms with Crippen LogP contribution in [0.5, 0.6) is 5.75 Å². The van der Waals surface area contributed by atoms with E-state index in [0.717, 1.165) is 35.6 Å². The van der Waals surface area contributed by atoms with Gasteiger partial charge in [-0.15, -0.1) is 0 Å². The summed E-state index contributed by atoms with van der Waals surface area (Å²) in [4.78, 5) is 0. The van der Waals surface area contributed by atoms with E-state index < -0.39 is 6.10 Å². The van der Waals surface area contributed by atoms with Crippen molar-refractivity contribution < 1.29 is 14.6 Å². The molecule has 0 heterocycles. The third-order valence-corrected chi connectivity index (χ3v) is 4.22. The van der Waals surface area contributed by atoms with Gasteiger partial charge in [-0.3, -0.25) is 0 Å². The van der Waals surface area contributed by atoms with Crippen molar-refractivity contribution in [2.45, 2.75) is 58.3 Å². The van der Waals surface area contributed by atoms with Crippen molar-refractivity contribution in [3.05, 3.63) is 29.3 Å². The molecule has 0 saturated heterocycles. The molecule has 1 aliphatic carbocycles. The van der Waals surface area contributed by atoms with E-state index in [4.69, 9.17) is 9.47 Å². The normalized spacial score (nSPS) is 24.4. The van der Waals surface area contributed by atoms with Crippen LogP contribution in [0.15, 0.2) is 18.2 Å². The molecule has 3 heteroatoms. The zero-order valence-electron chi connectivity index (χ0n) is 12.8. The molecule has 0 amide bonds. The van der Waals surface area contributed by atoms with Gasteiger partial charge in [0.15, 0.2) is 0 Å². The third-order valence-electron chi connectivity index (χ3n) is 4.22. The highest BCUT2D eigenvalue weighted by molar-refractivity contribution is 5.37. The van der Waals surface area contributed by atoms with Crippen LogP contribution in [-0.2, 0) is 11.3 Å². The molecule has 1 atom stereocenters. The first-order chi connectivity index (χ1) is 9.60. The van der Waals surface area contributed by atoms with Gasteiger partial charge in [0.05, 0.1) is 25.9 Å². The summed E-state index contributed by atoms with van der Waals surface area (Å²) in [7, 11) is 1.67. The summed E-state index contributed by atoms with van der Waals surface area (Å²) in [6.07, 6.45) is 4.73. The standard InChI is InChI=1S/C17H26O3/c1-12-4-7-16(8-5-12)20-11-15-10-14(13(2)18)6-9-17(15)19-3/h6,9-10,12-13,16,18H,4-5,7-8,11H2,1-3H3. The lowest BCUT2D eigenvalue weighted by Gasteiger charge is -2.26. The quantitative estimate of drug-likeness (QED) is 0.889. The minimum Gasteiger partial charge on any atom is -0.496 e. The van der Waals surface area contributed by atoms with Crippen molar-refractivity contribution in [1.29, 1.82) is 0 Å². The van der Waals surface area contributed by atoms with E-state index in [1.807, 2.05) is 18.2 Å². The molecule has 1 aromatic carbocycles. The Bertz CT molecular complexity index is 420. The Kier molecular flexibility index (Phi) is 5.44. The largest absolute Gasteiger partial charge is 0.496 e. The number of hydrogen-bond acceptors (Lipinski definition) is 3. The third kappa shape index (κ3) is 3.97. The van der Waals surface area contributed by atoms with Crippen LogP contribution in [0.25, 0.3) is 0 Å². The summed E-state index contributed by atoms with van der Waals surface area (Å²) >= 11 is 0. The van der Waals surface area contributed by atoms with Crippen LogP contribution in [0, 0.1) is 5.92 Å². The summed E-state index contributed by atoms with van der Waals surface area (Å²) in [5.74, 6) is 1.67. The highest BCUT2D eigenvalue weighted by Crippen LogP contribution is 2.28. The van der Waals surface area contributed by atoms with Crippen LogP contribution in [0.1, 0.15) is 56.8 Å². The molecule has 1 unspecified atom stereocenters. The monoisotopic (exact) mass is 278 g/mol. The van der Waals surface area contributed by atoms with Gasteiger partial charge in [0.2, 0.25) is 0 Å². The van der Waals surface area contributed by atoms with Crippen molar-refractivity contribution in [2.24, 2.45) is 5.92 Å². The van der Waals surface area contributed by atoms with Crippen LogP contribution >= 0.6 is 0 Å². The summed E-state index contributed by atoms with van der Waals surface area (Å²) in [5, 5.41) is 9.68. The highest BCUT2D eigenvalue weighted by atomic mass is 16.5. The van der Waals surface area contributed by atoms with E-state index in [1.54, 1.807) is 14.0 Å². The van der Waals surface area contributed by atoms with Crippen molar-refractivity contribution in [3.63, 3.8) is 0 Å². The predicted molar refractivity (Wildman–Crippen MR) is 79.8 cm³/mol. The summed E-state index contributed by atoms with van der Waals surface area (Å²) in [6.45, 7) is 4.64. The number of benzene rings is 1. The van der Waals surface area contributed by atoms with Gasteiger partial charge in [-0.25, -0.2) is 0 Å². The van der Waals surface area contributed by atoms with Gasteiger partial charge < -0.3 is 14.6 Å². The average molecular weight is 278 g/mol. The first-order valence-electron chi connectivity index (χ1n) is 7.56. The predicted octanol–water partition coefficient (Wildman–Crippen LogP) is 3.84. The second-order valence-electron chi connectivity index (χ2n) is 5.94. The molecule has 1 N–H and O–H groups in total. The van der Waals surface area contributed by atoms with Crippen molar-refractivity contribution in [1.82, 2.24) is 0 Å². The Balaban J connectivity index is 1.98. The van der Waals surface area contributed by atoms with Gasteiger partial charge in [0.1, 0.15) is 5.75 Å². The second kappa shape index (κ2) is 7.09. The molecule has 112 valence electrons. The molecular formula is C17H26O3. The van der Waals surface area contributed by atoms with Gasteiger partial charge in [-0.05, 0) is 56.2 Å². The van der Waals surface area contributed by atoms with Gasteiger partial charge in [0.25, 0.3) is 0 Å². The number of methoxy groups -OCH3 is 1. The number of ether oxygens (including phenoxy) is 2. The maximum atomic E-state index is 9.68. The van der Waals surface area contributed by atoms with Gasteiger partial charge in [-0.2, -0.15) is 0 Å². The van der Waals surface area contributed by atoms with Crippen molar-refractivity contribution in [2.75, 3.05) is 7.11 Å². The molecule has 20 heavy (non-hydrogen) atoms. The first kappa shape index (κ1) is 15.3. The zero-order chi connectivity index (χ0) is 14.5. The molecule has 1 fully saturated rings. The van der Waals surface area contributed by atoms with Crippen molar-refractivity contribution >= 4 is 0 Å². The van der Waals surface area contributed by atoms with Crippen LogP contribution in [0.2, 0.25) is 0 Å². The van der Waals surface area contributed by atoms with E-state index in [2.05, 4.69) is 6.92 Å². The molecule has 0 aliphatic heterocycles. The molecule has 0 spiro atoms. The zero-order valence-corrected chi connectivity index (χ0v) is 12.8. The molecule has 0 aromatic heterocycles. The van der Waals surface area contributed by atoms with E-state index in [9.17, 15) is 5.11 Å². The first-order valence-corrected chi connectivity index (χ1v) is 7.56. The Morgan fingerprint density at radius 1 is 1.25 bits per heavy atom. The van der Waals surface area contributed by atoms with E-state index in [-0.39, 0.29) is 0 Å². The Hall–Kier alpha value is -1.06. The summed E-state index contributed by atoms with van der Waals surface area (Å²) < 4.78 is 11.4. The van der Waals surface area contributed by atoms with Gasteiger partial charge in [-0.1, -0.05) is 13.0 Å². The SMILES string of the molecule is COc1ccc(C(C)O)cc1COC1CCC(C)CC1. The van der Waals surface area contributed by atoms with E-state index in [0.29, 0.717) is 12.7 Å². The molecular weight excluding hydrogens is 252 g/mol. The summed E-state index contributed by atoms with van der Waals surface area (Å²) in [6, 6.07) is 5.79. The second-order valence-corrected chi connectivity index (χ2v) is 5.94. The number of hydrogen-bond donors (Lipinski definition) is 1. The lowest BCUT2D eigenvalue weighted by Crippen LogP contribution is -2.20. The van der Waals surface area contributed by atoms with E-state index >= 15 is 0 Å². The Morgan fingerprint density at radius 3 is 2.55 bits per heavy atom. The fraction of sp³-hybridized carbons (Fsp3) is 0.647. The highest BCUT2D eigenvalue weighted by Gasteiger charge is 2.19. The number of aliphatic hydroxyl groups is 1. The number of rotatable bonds is 5. The van der Waals surface area contributed by atoms with Crippen molar-refractivity contribution in [3.8, 4) is 5.75 Å². The molecule has 2 rings (SSSR count). The molecule has 3 nitrogen and oxygen atoms in total. The maximum absolute atomic E-state index is 9.68. The molecule has 0 bridgehead atoms. The molecule has 0 radical (unpaired) electrons. The molecule has 1 aromatic rings. The topological polar surface area (TPSA) is 38.7 Å². The molecule has 1 aliphatic rings. The maximum Gasteiger partial charge on any atom is 0.124 e. The van der Waals surface area contributed by atoms with Gasteiger partial charge in [0, 0.05) is 5.56 Å².